The van der Waals surface area contributed by atoms with Crippen LogP contribution in [0.4, 0.5) is 0 Å². The van der Waals surface area contributed by atoms with Crippen molar-refractivity contribution in [3.8, 4) is 11.6 Å². The summed E-state index contributed by atoms with van der Waals surface area (Å²) in [5, 5.41) is 4.31. The number of aryl methyl sites for hydroxylation is 1. The summed E-state index contributed by atoms with van der Waals surface area (Å²) in [6.07, 6.45) is 3.64. The number of aromatic nitrogens is 3. The maximum Gasteiger partial charge on any atom is 0.215 e. The van der Waals surface area contributed by atoms with Crippen molar-refractivity contribution in [1.82, 2.24) is 14.8 Å². The maximum absolute atomic E-state index is 5.05. The van der Waals surface area contributed by atoms with Crippen molar-refractivity contribution in [3.05, 3.63) is 34.7 Å². The first-order chi connectivity index (χ1) is 7.20. The second-order valence-electron chi connectivity index (χ2n) is 3.10. The third-order valence-corrected chi connectivity index (χ3v) is 2.81. The Hall–Kier alpha value is -1.36. The van der Waals surface area contributed by atoms with Gasteiger partial charge in [0.25, 0.3) is 0 Å². The van der Waals surface area contributed by atoms with Gasteiger partial charge in [-0.3, -0.25) is 0 Å². The fraction of sp³-hybridized carbons (Fsp3) is 0.200. The third kappa shape index (κ3) is 2.02. The van der Waals surface area contributed by atoms with Gasteiger partial charge in [0.05, 0.1) is 12.8 Å². The Labute approximate surface area is 96.0 Å². The van der Waals surface area contributed by atoms with E-state index >= 15 is 0 Å². The van der Waals surface area contributed by atoms with Crippen molar-refractivity contribution >= 4 is 15.9 Å². The van der Waals surface area contributed by atoms with Crippen molar-refractivity contribution in [1.29, 1.82) is 0 Å². The van der Waals surface area contributed by atoms with Gasteiger partial charge in [-0.1, -0.05) is 0 Å². The molecule has 0 saturated carbocycles. The van der Waals surface area contributed by atoms with Crippen LogP contribution in [0, 0.1) is 6.92 Å². The first-order valence-electron chi connectivity index (χ1n) is 4.43. The van der Waals surface area contributed by atoms with E-state index < -0.39 is 0 Å². The second-order valence-corrected chi connectivity index (χ2v) is 3.86. The van der Waals surface area contributed by atoms with Crippen LogP contribution in [0.25, 0.3) is 5.69 Å². The smallest absolute Gasteiger partial charge is 0.215 e. The number of halogens is 1. The zero-order chi connectivity index (χ0) is 10.8. The van der Waals surface area contributed by atoms with E-state index in [0.717, 1.165) is 15.9 Å². The van der Waals surface area contributed by atoms with Crippen LogP contribution < -0.4 is 4.74 Å². The highest BCUT2D eigenvalue weighted by Gasteiger charge is 2.04. The normalized spacial score (nSPS) is 10.3. The molecule has 5 heteroatoms. The Bertz CT molecular complexity index is 462. The summed E-state index contributed by atoms with van der Waals surface area (Å²) in [4.78, 5) is 4.04. The lowest BCUT2D eigenvalue weighted by molar-refractivity contribution is 0.397. The highest BCUT2D eigenvalue weighted by Crippen LogP contribution is 2.17. The highest BCUT2D eigenvalue weighted by atomic mass is 79.9. The van der Waals surface area contributed by atoms with Crippen molar-refractivity contribution in [3.63, 3.8) is 0 Å². The van der Waals surface area contributed by atoms with Crippen LogP contribution in [0.2, 0.25) is 0 Å². The summed E-state index contributed by atoms with van der Waals surface area (Å²) < 4.78 is 7.68. The van der Waals surface area contributed by atoms with E-state index in [2.05, 4.69) is 26.0 Å². The molecule has 2 rings (SSSR count). The standard InChI is InChI=1S/C10H10BrN3O/c1-7-6-14(13-10(7)11)8-3-4-12-9(5-8)15-2/h3-6H,1-2H3. The summed E-state index contributed by atoms with van der Waals surface area (Å²) in [7, 11) is 1.59. The van der Waals surface area contributed by atoms with Crippen LogP contribution in [-0.4, -0.2) is 21.9 Å². The van der Waals surface area contributed by atoms with E-state index in [-0.39, 0.29) is 0 Å². The largest absolute Gasteiger partial charge is 0.481 e. The van der Waals surface area contributed by atoms with Crippen LogP contribution in [0.3, 0.4) is 0 Å². The van der Waals surface area contributed by atoms with Gasteiger partial charge in [-0.15, -0.1) is 0 Å². The van der Waals surface area contributed by atoms with E-state index in [9.17, 15) is 0 Å². The minimum Gasteiger partial charge on any atom is -0.481 e. The molecular formula is C10H10BrN3O. The van der Waals surface area contributed by atoms with Gasteiger partial charge in [0.15, 0.2) is 0 Å². The molecular weight excluding hydrogens is 258 g/mol. The molecule has 15 heavy (non-hydrogen) atoms. The summed E-state index contributed by atoms with van der Waals surface area (Å²) in [6, 6.07) is 3.71. The first-order valence-corrected chi connectivity index (χ1v) is 5.22. The first kappa shape index (κ1) is 10.2. The number of hydrogen-bond donors (Lipinski definition) is 0. The molecule has 0 fully saturated rings. The Balaban J connectivity index is 2.44. The zero-order valence-corrected chi connectivity index (χ0v) is 10.0. The van der Waals surface area contributed by atoms with E-state index in [1.165, 1.54) is 0 Å². The van der Waals surface area contributed by atoms with Crippen molar-refractivity contribution in [2.75, 3.05) is 7.11 Å². The molecule has 0 aliphatic rings. The molecule has 0 atom stereocenters. The summed E-state index contributed by atoms with van der Waals surface area (Å²) in [5.74, 6) is 0.580. The number of pyridine rings is 1. The SMILES string of the molecule is COc1cc(-n2cc(C)c(Br)n2)ccn1. The molecule has 0 spiro atoms. The number of methoxy groups -OCH3 is 1. The van der Waals surface area contributed by atoms with E-state index in [4.69, 9.17) is 4.74 Å². The molecule has 0 aromatic carbocycles. The molecule has 0 aliphatic carbocycles. The lowest BCUT2D eigenvalue weighted by Crippen LogP contribution is -1.96. The van der Waals surface area contributed by atoms with Crippen molar-refractivity contribution in [2.45, 2.75) is 6.92 Å². The topological polar surface area (TPSA) is 39.9 Å². The maximum atomic E-state index is 5.05. The van der Waals surface area contributed by atoms with E-state index in [1.807, 2.05) is 25.3 Å². The van der Waals surface area contributed by atoms with Gasteiger partial charge in [0, 0.05) is 24.0 Å². The summed E-state index contributed by atoms with van der Waals surface area (Å²) in [6.45, 7) is 1.99. The van der Waals surface area contributed by atoms with Crippen LogP contribution >= 0.6 is 15.9 Å². The molecule has 78 valence electrons. The van der Waals surface area contributed by atoms with Gasteiger partial charge in [-0.25, -0.2) is 9.67 Å². The molecule has 0 bridgehead atoms. The quantitative estimate of drug-likeness (QED) is 0.839. The van der Waals surface area contributed by atoms with E-state index in [1.54, 1.807) is 18.0 Å². The lowest BCUT2D eigenvalue weighted by Gasteiger charge is -2.02. The molecule has 0 N–H and O–H groups in total. The van der Waals surface area contributed by atoms with Gasteiger partial charge in [-0.05, 0) is 28.9 Å². The van der Waals surface area contributed by atoms with Gasteiger partial charge in [-0.2, -0.15) is 5.10 Å². The van der Waals surface area contributed by atoms with Crippen LogP contribution in [-0.2, 0) is 0 Å². The monoisotopic (exact) mass is 267 g/mol. The molecule has 2 heterocycles. The van der Waals surface area contributed by atoms with Gasteiger partial charge in [0.2, 0.25) is 5.88 Å². The number of hydrogen-bond acceptors (Lipinski definition) is 3. The molecule has 0 radical (unpaired) electrons. The molecule has 0 unspecified atom stereocenters. The van der Waals surface area contributed by atoms with Crippen molar-refractivity contribution < 1.29 is 4.74 Å². The fourth-order valence-corrected chi connectivity index (χ4v) is 1.50. The molecule has 0 aliphatic heterocycles. The Morgan fingerprint density at radius 2 is 2.27 bits per heavy atom. The van der Waals surface area contributed by atoms with E-state index in [0.29, 0.717) is 5.88 Å². The second kappa shape index (κ2) is 4.02. The summed E-state index contributed by atoms with van der Waals surface area (Å²) in [5.41, 5.74) is 2.02. The highest BCUT2D eigenvalue weighted by molar-refractivity contribution is 9.10. The predicted molar refractivity (Wildman–Crippen MR) is 60.3 cm³/mol. The fourth-order valence-electron chi connectivity index (χ4n) is 1.22. The Morgan fingerprint density at radius 3 is 2.87 bits per heavy atom. The Morgan fingerprint density at radius 1 is 1.47 bits per heavy atom. The minimum absolute atomic E-state index is 0.580. The van der Waals surface area contributed by atoms with Crippen LogP contribution in [0.1, 0.15) is 5.56 Å². The number of ether oxygens (including phenoxy) is 1. The molecule has 4 nitrogen and oxygen atoms in total. The average molecular weight is 268 g/mol. The van der Waals surface area contributed by atoms with Gasteiger partial charge in [0.1, 0.15) is 4.60 Å². The summed E-state index contributed by atoms with van der Waals surface area (Å²) >= 11 is 3.37. The van der Waals surface area contributed by atoms with Crippen LogP contribution in [0.15, 0.2) is 29.1 Å². The number of rotatable bonds is 2. The average Bonchev–Trinajstić information content (AvgIpc) is 2.59. The molecule has 2 aromatic heterocycles. The molecule has 2 aromatic rings. The minimum atomic E-state index is 0.580. The zero-order valence-electron chi connectivity index (χ0n) is 8.44. The number of nitrogens with zero attached hydrogens (tertiary/aromatic N) is 3. The Kier molecular flexibility index (Phi) is 2.73. The molecule has 0 saturated heterocycles. The molecule has 0 amide bonds. The van der Waals surface area contributed by atoms with Gasteiger partial charge >= 0.3 is 0 Å². The van der Waals surface area contributed by atoms with Crippen molar-refractivity contribution in [2.24, 2.45) is 0 Å². The third-order valence-electron chi connectivity index (χ3n) is 2.03. The van der Waals surface area contributed by atoms with Gasteiger partial charge < -0.3 is 4.74 Å². The predicted octanol–water partition coefficient (Wildman–Crippen LogP) is 2.35. The lowest BCUT2D eigenvalue weighted by atomic mass is 10.4. The van der Waals surface area contributed by atoms with Crippen LogP contribution in [0.5, 0.6) is 5.88 Å².